The minimum atomic E-state index is -0.296. The molecule has 1 amide bonds. The van der Waals surface area contributed by atoms with Gasteiger partial charge in [-0.15, -0.1) is 0 Å². The van der Waals surface area contributed by atoms with Gasteiger partial charge in [-0.3, -0.25) is 4.79 Å². The topological polar surface area (TPSA) is 76.1 Å². The lowest BCUT2D eigenvalue weighted by Gasteiger charge is -2.22. The number of nitrogens with zero attached hydrogens (tertiary/aromatic N) is 2. The normalized spacial score (nSPS) is 11.0. The van der Waals surface area contributed by atoms with Gasteiger partial charge in [0.2, 0.25) is 0 Å². The molecule has 150 valence electrons. The molecule has 0 bridgehead atoms. The van der Waals surface area contributed by atoms with Crippen LogP contribution in [0.1, 0.15) is 43.7 Å². The van der Waals surface area contributed by atoms with Crippen LogP contribution in [0.15, 0.2) is 60.9 Å². The Morgan fingerprint density at radius 1 is 0.966 bits per heavy atom. The van der Waals surface area contributed by atoms with E-state index < -0.39 is 0 Å². The molecule has 0 atom stereocenters. The van der Waals surface area contributed by atoms with Crippen LogP contribution in [0.25, 0.3) is 0 Å². The highest BCUT2D eigenvalue weighted by atomic mass is 16.5. The summed E-state index contributed by atoms with van der Waals surface area (Å²) in [6.07, 6.45) is 2.99. The lowest BCUT2D eigenvalue weighted by molar-refractivity contribution is 0.102. The molecule has 0 saturated heterocycles. The fraction of sp³-hybridized carbons (Fsp3) is 0.261. The molecule has 0 spiro atoms. The van der Waals surface area contributed by atoms with E-state index in [1.165, 1.54) is 12.4 Å². The van der Waals surface area contributed by atoms with Crippen LogP contribution in [0, 0.1) is 0 Å². The van der Waals surface area contributed by atoms with Crippen LogP contribution >= 0.6 is 0 Å². The molecule has 1 heterocycles. The molecule has 29 heavy (non-hydrogen) atoms. The Labute approximate surface area is 171 Å². The Balaban J connectivity index is 1.74. The summed E-state index contributed by atoms with van der Waals surface area (Å²) in [7, 11) is 0. The third-order valence-electron chi connectivity index (χ3n) is 4.32. The quantitative estimate of drug-likeness (QED) is 0.607. The molecular formula is C23H26N4O2. The first-order valence-corrected chi connectivity index (χ1v) is 9.60. The van der Waals surface area contributed by atoms with E-state index in [0.29, 0.717) is 12.4 Å². The van der Waals surface area contributed by atoms with E-state index in [1.807, 2.05) is 55.5 Å². The van der Waals surface area contributed by atoms with E-state index in [-0.39, 0.29) is 17.0 Å². The Morgan fingerprint density at radius 2 is 1.66 bits per heavy atom. The highest BCUT2D eigenvalue weighted by molar-refractivity contribution is 6.03. The summed E-state index contributed by atoms with van der Waals surface area (Å²) in [6, 6.07) is 15.4. The number of amides is 1. The number of carbonyl (C=O) groups excluding carboxylic acids is 1. The van der Waals surface area contributed by atoms with E-state index >= 15 is 0 Å². The van der Waals surface area contributed by atoms with E-state index in [1.54, 1.807) is 0 Å². The lowest BCUT2D eigenvalue weighted by atomic mass is 9.86. The Kier molecular flexibility index (Phi) is 6.12. The number of para-hydroxylation sites is 3. The number of ether oxygens (including phenoxy) is 1. The molecular weight excluding hydrogens is 364 g/mol. The third-order valence-corrected chi connectivity index (χ3v) is 4.32. The molecule has 2 N–H and O–H groups in total. The maximum absolute atomic E-state index is 12.6. The molecule has 6 nitrogen and oxygen atoms in total. The van der Waals surface area contributed by atoms with E-state index in [0.717, 1.165) is 22.7 Å². The van der Waals surface area contributed by atoms with Crippen LogP contribution in [0.5, 0.6) is 5.75 Å². The van der Waals surface area contributed by atoms with Crippen molar-refractivity contribution in [3.8, 4) is 5.75 Å². The molecule has 0 aliphatic heterocycles. The fourth-order valence-corrected chi connectivity index (χ4v) is 2.93. The van der Waals surface area contributed by atoms with Crippen molar-refractivity contribution in [3.05, 3.63) is 72.2 Å². The molecule has 0 fully saturated rings. The van der Waals surface area contributed by atoms with Gasteiger partial charge >= 0.3 is 0 Å². The van der Waals surface area contributed by atoms with Crippen LogP contribution in [0.4, 0.5) is 17.2 Å². The summed E-state index contributed by atoms with van der Waals surface area (Å²) < 4.78 is 5.60. The second-order valence-corrected chi connectivity index (χ2v) is 7.59. The summed E-state index contributed by atoms with van der Waals surface area (Å²) in [4.78, 5) is 21.2. The molecule has 3 rings (SSSR count). The Hall–Kier alpha value is -3.41. The van der Waals surface area contributed by atoms with Gasteiger partial charge in [-0.05, 0) is 36.1 Å². The highest BCUT2D eigenvalue weighted by Crippen LogP contribution is 2.29. The van der Waals surface area contributed by atoms with E-state index in [4.69, 9.17) is 4.74 Å². The number of anilines is 3. The summed E-state index contributed by atoms with van der Waals surface area (Å²) in [6.45, 7) is 8.83. The smallest absolute Gasteiger partial charge is 0.275 e. The molecule has 2 aromatic carbocycles. The standard InChI is InChI=1S/C23H26N4O2/c1-5-29-20-13-9-8-12-18(20)26-21-15-24-19(14-25-21)22(28)27-17-11-7-6-10-16(17)23(2,3)4/h6-15H,5H2,1-4H3,(H,25,26)(H,27,28). The first kappa shape index (κ1) is 20.3. The third kappa shape index (κ3) is 5.10. The summed E-state index contributed by atoms with van der Waals surface area (Å²) in [5.41, 5.74) is 2.79. The zero-order valence-corrected chi connectivity index (χ0v) is 17.2. The number of hydrogen-bond donors (Lipinski definition) is 2. The van der Waals surface area contributed by atoms with Gasteiger partial charge in [-0.25, -0.2) is 9.97 Å². The zero-order chi connectivity index (χ0) is 20.9. The monoisotopic (exact) mass is 390 g/mol. The van der Waals surface area contributed by atoms with Gasteiger partial charge in [-0.2, -0.15) is 0 Å². The van der Waals surface area contributed by atoms with Gasteiger partial charge in [0.1, 0.15) is 17.3 Å². The first-order valence-electron chi connectivity index (χ1n) is 9.60. The molecule has 0 radical (unpaired) electrons. The number of aromatic nitrogens is 2. The maximum Gasteiger partial charge on any atom is 0.275 e. The van der Waals surface area contributed by atoms with Crippen molar-refractivity contribution in [2.45, 2.75) is 33.1 Å². The average Bonchev–Trinajstić information content (AvgIpc) is 2.70. The van der Waals surface area contributed by atoms with Crippen LogP contribution in [-0.4, -0.2) is 22.5 Å². The summed E-state index contributed by atoms with van der Waals surface area (Å²) in [5.74, 6) is 0.969. The van der Waals surface area contributed by atoms with Crippen molar-refractivity contribution in [2.75, 3.05) is 17.2 Å². The highest BCUT2D eigenvalue weighted by Gasteiger charge is 2.19. The van der Waals surface area contributed by atoms with Crippen molar-refractivity contribution in [1.82, 2.24) is 9.97 Å². The molecule has 0 saturated carbocycles. The van der Waals surface area contributed by atoms with Crippen molar-refractivity contribution in [1.29, 1.82) is 0 Å². The Bertz CT molecular complexity index is 979. The van der Waals surface area contributed by atoms with Crippen LogP contribution < -0.4 is 15.4 Å². The predicted molar refractivity (Wildman–Crippen MR) is 116 cm³/mol. The minimum Gasteiger partial charge on any atom is -0.492 e. The lowest BCUT2D eigenvalue weighted by Crippen LogP contribution is -2.19. The summed E-state index contributed by atoms with van der Waals surface area (Å²) >= 11 is 0. The van der Waals surface area contributed by atoms with Crippen molar-refractivity contribution >= 4 is 23.1 Å². The van der Waals surface area contributed by atoms with Crippen LogP contribution in [-0.2, 0) is 5.41 Å². The molecule has 6 heteroatoms. The number of rotatable bonds is 6. The number of benzene rings is 2. The maximum atomic E-state index is 12.6. The molecule has 3 aromatic rings. The largest absolute Gasteiger partial charge is 0.492 e. The van der Waals surface area contributed by atoms with Gasteiger partial charge in [0, 0.05) is 5.69 Å². The molecule has 1 aromatic heterocycles. The zero-order valence-electron chi connectivity index (χ0n) is 17.2. The van der Waals surface area contributed by atoms with E-state index in [2.05, 4.69) is 41.4 Å². The average molecular weight is 390 g/mol. The Morgan fingerprint density at radius 3 is 2.31 bits per heavy atom. The van der Waals surface area contributed by atoms with Gasteiger partial charge < -0.3 is 15.4 Å². The SMILES string of the molecule is CCOc1ccccc1Nc1cnc(C(=O)Nc2ccccc2C(C)(C)C)cn1. The number of hydrogen-bond acceptors (Lipinski definition) is 5. The molecule has 0 unspecified atom stereocenters. The predicted octanol–water partition coefficient (Wildman–Crippen LogP) is 5.17. The van der Waals surface area contributed by atoms with Crippen molar-refractivity contribution < 1.29 is 9.53 Å². The summed E-state index contributed by atoms with van der Waals surface area (Å²) in [5, 5.41) is 6.12. The number of carbonyl (C=O) groups is 1. The van der Waals surface area contributed by atoms with Crippen LogP contribution in [0.3, 0.4) is 0 Å². The van der Waals surface area contributed by atoms with Crippen molar-refractivity contribution in [3.63, 3.8) is 0 Å². The van der Waals surface area contributed by atoms with Gasteiger partial charge in [0.05, 0.1) is 24.7 Å². The molecule has 0 aliphatic carbocycles. The van der Waals surface area contributed by atoms with Gasteiger partial charge in [0.25, 0.3) is 5.91 Å². The van der Waals surface area contributed by atoms with Crippen molar-refractivity contribution in [2.24, 2.45) is 0 Å². The molecule has 0 aliphatic rings. The second kappa shape index (κ2) is 8.73. The van der Waals surface area contributed by atoms with Crippen LogP contribution in [0.2, 0.25) is 0 Å². The minimum absolute atomic E-state index is 0.0860. The van der Waals surface area contributed by atoms with Gasteiger partial charge in [0.15, 0.2) is 0 Å². The van der Waals surface area contributed by atoms with Gasteiger partial charge in [-0.1, -0.05) is 51.1 Å². The number of nitrogens with one attached hydrogen (secondary N) is 2. The fourth-order valence-electron chi connectivity index (χ4n) is 2.93. The van der Waals surface area contributed by atoms with E-state index in [9.17, 15) is 4.79 Å². The second-order valence-electron chi connectivity index (χ2n) is 7.59. The first-order chi connectivity index (χ1) is 13.9.